The number of sulfonamides is 1. The van der Waals surface area contributed by atoms with Gasteiger partial charge in [-0.05, 0) is 66.4 Å². The van der Waals surface area contributed by atoms with Crippen molar-refractivity contribution in [3.8, 4) is 5.75 Å². The molecule has 1 aliphatic carbocycles. The van der Waals surface area contributed by atoms with E-state index in [4.69, 9.17) is 39.5 Å². The molecular formula is C37H38Cl3N3O5S. The number of anilines is 1. The highest BCUT2D eigenvalue weighted by atomic mass is 35.5. The van der Waals surface area contributed by atoms with Gasteiger partial charge in [0, 0.05) is 24.0 Å². The van der Waals surface area contributed by atoms with E-state index in [1.165, 1.54) is 30.2 Å². The van der Waals surface area contributed by atoms with Crippen molar-refractivity contribution in [3.63, 3.8) is 0 Å². The summed E-state index contributed by atoms with van der Waals surface area (Å²) in [6.45, 7) is -0.700. The number of rotatable bonds is 13. The maximum absolute atomic E-state index is 14.8. The normalized spacial score (nSPS) is 14.1. The Labute approximate surface area is 303 Å². The summed E-state index contributed by atoms with van der Waals surface area (Å²) in [6, 6.07) is 25.7. The number of amides is 2. The van der Waals surface area contributed by atoms with Gasteiger partial charge in [0.1, 0.15) is 18.3 Å². The molecular weight excluding hydrogens is 705 g/mol. The predicted molar refractivity (Wildman–Crippen MR) is 195 cm³/mol. The number of carbonyl (C=O) groups is 2. The number of ether oxygens (including phenoxy) is 1. The highest BCUT2D eigenvalue weighted by molar-refractivity contribution is 7.92. The molecule has 0 bridgehead atoms. The largest absolute Gasteiger partial charge is 0.495 e. The molecule has 4 aromatic carbocycles. The van der Waals surface area contributed by atoms with Gasteiger partial charge in [0.05, 0.1) is 27.7 Å². The van der Waals surface area contributed by atoms with Gasteiger partial charge >= 0.3 is 0 Å². The molecule has 1 fully saturated rings. The molecule has 0 spiro atoms. The topological polar surface area (TPSA) is 96.0 Å². The van der Waals surface area contributed by atoms with Crippen molar-refractivity contribution in [1.82, 2.24) is 10.2 Å². The van der Waals surface area contributed by atoms with Crippen molar-refractivity contribution in [3.05, 3.63) is 123 Å². The Bertz CT molecular complexity index is 1860. The maximum atomic E-state index is 14.8. The van der Waals surface area contributed by atoms with Crippen LogP contribution in [0.5, 0.6) is 5.75 Å². The van der Waals surface area contributed by atoms with Crippen LogP contribution in [0.4, 0.5) is 5.69 Å². The molecule has 8 nitrogen and oxygen atoms in total. The van der Waals surface area contributed by atoms with Gasteiger partial charge in [-0.25, -0.2) is 8.42 Å². The van der Waals surface area contributed by atoms with E-state index < -0.39 is 28.5 Å². The average molecular weight is 743 g/mol. The lowest BCUT2D eigenvalue weighted by Crippen LogP contribution is -2.55. The fourth-order valence-corrected chi connectivity index (χ4v) is 7.95. The van der Waals surface area contributed by atoms with Gasteiger partial charge in [0.15, 0.2) is 0 Å². The second-order valence-electron chi connectivity index (χ2n) is 12.0. The van der Waals surface area contributed by atoms with Crippen LogP contribution >= 0.6 is 34.8 Å². The summed E-state index contributed by atoms with van der Waals surface area (Å²) >= 11 is 19.0. The Balaban J connectivity index is 1.61. The minimum Gasteiger partial charge on any atom is -0.495 e. The summed E-state index contributed by atoms with van der Waals surface area (Å²) in [5, 5.41) is 4.07. The molecule has 2 amide bonds. The highest BCUT2D eigenvalue weighted by Gasteiger charge is 2.36. The lowest BCUT2D eigenvalue weighted by Gasteiger charge is -2.35. The fourth-order valence-electron chi connectivity index (χ4n) is 6.02. The van der Waals surface area contributed by atoms with Crippen LogP contribution in [0.3, 0.4) is 0 Å². The van der Waals surface area contributed by atoms with E-state index in [0.29, 0.717) is 10.6 Å². The second kappa shape index (κ2) is 16.8. The van der Waals surface area contributed by atoms with Gasteiger partial charge in [-0.2, -0.15) is 0 Å². The van der Waals surface area contributed by atoms with Gasteiger partial charge < -0.3 is 15.0 Å². The lowest BCUT2D eigenvalue weighted by molar-refractivity contribution is -0.140. The van der Waals surface area contributed by atoms with Crippen molar-refractivity contribution >= 4 is 62.3 Å². The van der Waals surface area contributed by atoms with Gasteiger partial charge in [-0.1, -0.05) is 109 Å². The highest BCUT2D eigenvalue weighted by Crippen LogP contribution is 2.35. The van der Waals surface area contributed by atoms with E-state index in [9.17, 15) is 18.0 Å². The maximum Gasteiger partial charge on any atom is 0.264 e. The number of methoxy groups -OCH3 is 1. The minimum atomic E-state index is -4.34. The minimum absolute atomic E-state index is 0.0212. The van der Waals surface area contributed by atoms with Gasteiger partial charge in [-0.15, -0.1) is 0 Å². The van der Waals surface area contributed by atoms with Crippen LogP contribution < -0.4 is 14.4 Å². The number of halogens is 3. The molecule has 1 saturated carbocycles. The Morgan fingerprint density at radius 1 is 0.837 bits per heavy atom. The molecule has 0 saturated heterocycles. The van der Waals surface area contributed by atoms with Crippen LogP contribution in [0.25, 0.3) is 0 Å². The molecule has 5 rings (SSSR count). The number of hydrogen-bond acceptors (Lipinski definition) is 5. The van der Waals surface area contributed by atoms with Crippen molar-refractivity contribution < 1.29 is 22.7 Å². The van der Waals surface area contributed by atoms with Crippen molar-refractivity contribution in [1.29, 1.82) is 0 Å². The Kier molecular flexibility index (Phi) is 12.5. The van der Waals surface area contributed by atoms with Crippen molar-refractivity contribution in [2.45, 2.75) is 62.0 Å². The first-order valence-electron chi connectivity index (χ1n) is 16.1. The predicted octanol–water partition coefficient (Wildman–Crippen LogP) is 7.94. The molecule has 0 aliphatic heterocycles. The summed E-state index contributed by atoms with van der Waals surface area (Å²) in [6.07, 6.45) is 5.02. The molecule has 0 aromatic heterocycles. The molecule has 0 heterocycles. The molecule has 0 unspecified atom stereocenters. The zero-order valence-corrected chi connectivity index (χ0v) is 30.1. The number of hydrogen-bond donors (Lipinski definition) is 1. The van der Waals surface area contributed by atoms with E-state index in [0.717, 1.165) is 42.0 Å². The van der Waals surface area contributed by atoms with Crippen LogP contribution in [-0.2, 0) is 32.6 Å². The molecule has 1 aliphatic rings. The molecule has 1 atom stereocenters. The third kappa shape index (κ3) is 9.28. The smallest absolute Gasteiger partial charge is 0.264 e. The Hall–Kier alpha value is -3.76. The number of nitrogens with zero attached hydrogens (tertiary/aromatic N) is 2. The standard InChI is InChI=1S/C37H38Cl3N3O5S/c1-48-35-20-18-28(38)23-33(35)43(49(46,47)30-15-9-4-10-16-30)25-36(44)42(24-27-17-19-31(39)32(40)21-27)34(22-26-11-5-2-6-12-26)37(45)41-29-13-7-3-8-14-29/h2,4-6,9-12,15-21,23,29,34H,3,7-8,13-14,22,24-25H2,1H3,(H,41,45)/t34-/m1/s1. The van der Waals surface area contributed by atoms with Crippen molar-refractivity contribution in [2.24, 2.45) is 0 Å². The first kappa shape index (κ1) is 36.5. The SMILES string of the molecule is COc1ccc(Cl)cc1N(CC(=O)N(Cc1ccc(Cl)c(Cl)c1)[C@H](Cc1ccccc1)C(=O)NC1CCCCC1)S(=O)(=O)c1ccccc1. The summed E-state index contributed by atoms with van der Waals surface area (Å²) in [4.78, 5) is 30.4. The zero-order chi connectivity index (χ0) is 35.0. The molecule has 4 aromatic rings. The Morgan fingerprint density at radius 2 is 1.51 bits per heavy atom. The third-order valence-corrected chi connectivity index (χ3v) is 11.3. The molecule has 0 radical (unpaired) electrons. The van der Waals surface area contributed by atoms with Crippen LogP contribution in [0.15, 0.2) is 102 Å². The van der Waals surface area contributed by atoms with Gasteiger partial charge in [0.2, 0.25) is 11.8 Å². The monoisotopic (exact) mass is 741 g/mol. The summed E-state index contributed by atoms with van der Waals surface area (Å²) < 4.78 is 35.2. The van der Waals surface area contributed by atoms with Crippen LogP contribution in [-0.4, -0.2) is 50.9 Å². The van der Waals surface area contributed by atoms with Crippen LogP contribution in [0, 0.1) is 0 Å². The number of benzene rings is 4. The van der Waals surface area contributed by atoms with Crippen LogP contribution in [0.1, 0.15) is 43.2 Å². The number of nitrogens with one attached hydrogen (secondary N) is 1. The zero-order valence-electron chi connectivity index (χ0n) is 27.0. The van der Waals surface area contributed by atoms with Crippen LogP contribution in [0.2, 0.25) is 15.1 Å². The lowest BCUT2D eigenvalue weighted by atomic mass is 9.94. The van der Waals surface area contributed by atoms with E-state index in [1.807, 2.05) is 30.3 Å². The molecule has 12 heteroatoms. The van der Waals surface area contributed by atoms with E-state index >= 15 is 0 Å². The van der Waals surface area contributed by atoms with E-state index in [1.54, 1.807) is 48.5 Å². The summed E-state index contributed by atoms with van der Waals surface area (Å²) in [5.74, 6) is -0.738. The van der Waals surface area contributed by atoms with Crippen molar-refractivity contribution in [2.75, 3.05) is 18.0 Å². The van der Waals surface area contributed by atoms with Gasteiger partial charge in [-0.3, -0.25) is 13.9 Å². The van der Waals surface area contributed by atoms with Gasteiger partial charge in [0.25, 0.3) is 10.0 Å². The van der Waals surface area contributed by atoms with E-state index in [-0.39, 0.29) is 51.3 Å². The molecule has 49 heavy (non-hydrogen) atoms. The van der Waals surface area contributed by atoms with E-state index in [2.05, 4.69) is 5.32 Å². The third-order valence-electron chi connectivity index (χ3n) is 8.58. The quantitative estimate of drug-likeness (QED) is 0.150. The fraction of sp³-hybridized carbons (Fsp3) is 0.297. The molecule has 1 N–H and O–H groups in total. The Morgan fingerprint density at radius 3 is 2.16 bits per heavy atom. The first-order valence-corrected chi connectivity index (χ1v) is 18.6. The second-order valence-corrected chi connectivity index (χ2v) is 15.1. The average Bonchev–Trinajstić information content (AvgIpc) is 3.11. The summed E-state index contributed by atoms with van der Waals surface area (Å²) in [5.41, 5.74) is 1.53. The first-order chi connectivity index (χ1) is 23.6. The molecule has 258 valence electrons. The summed E-state index contributed by atoms with van der Waals surface area (Å²) in [7, 11) is -2.93. The number of carbonyl (C=O) groups excluding carboxylic acids is 2.